The largest absolute Gasteiger partial charge is 0.487 e. The molecule has 2 aliphatic heterocycles. The molecule has 1 amide bonds. The van der Waals surface area contributed by atoms with Gasteiger partial charge in [0, 0.05) is 30.3 Å². The maximum Gasteiger partial charge on any atom is 0.224 e. The summed E-state index contributed by atoms with van der Waals surface area (Å²) in [6, 6.07) is 5.87. The van der Waals surface area contributed by atoms with E-state index in [0.717, 1.165) is 32.1 Å². The Hall–Kier alpha value is -1.33. The molecule has 2 saturated heterocycles. The molecule has 2 atom stereocenters. The van der Waals surface area contributed by atoms with Crippen LogP contribution in [0.4, 0.5) is 10.1 Å². The van der Waals surface area contributed by atoms with Crippen LogP contribution in [0.3, 0.4) is 0 Å². The second kappa shape index (κ2) is 7.92. The fraction of sp³-hybridized carbons (Fsp3) is 0.632. The Balaban J connectivity index is 0.00000182. The topological polar surface area (TPSA) is 50.4 Å². The zero-order valence-electron chi connectivity index (χ0n) is 14.3. The fourth-order valence-electron chi connectivity index (χ4n) is 4.16. The van der Waals surface area contributed by atoms with Crippen LogP contribution in [0.1, 0.15) is 51.4 Å². The molecule has 3 fully saturated rings. The van der Waals surface area contributed by atoms with Gasteiger partial charge >= 0.3 is 0 Å². The number of halogens is 2. The second-order valence-corrected chi connectivity index (χ2v) is 7.54. The van der Waals surface area contributed by atoms with E-state index in [4.69, 9.17) is 4.74 Å². The van der Waals surface area contributed by atoms with Crippen molar-refractivity contribution in [3.63, 3.8) is 0 Å². The Morgan fingerprint density at radius 3 is 2.52 bits per heavy atom. The summed E-state index contributed by atoms with van der Waals surface area (Å²) in [5, 5.41) is 6.42. The summed E-state index contributed by atoms with van der Waals surface area (Å²) in [4.78, 5) is 12.3. The van der Waals surface area contributed by atoms with Gasteiger partial charge in [-0.3, -0.25) is 4.79 Å². The Morgan fingerprint density at radius 2 is 1.92 bits per heavy atom. The Bertz CT molecular complexity index is 611. The van der Waals surface area contributed by atoms with Crippen molar-refractivity contribution < 1.29 is 13.9 Å². The maximum atomic E-state index is 14.1. The van der Waals surface area contributed by atoms with Gasteiger partial charge in [-0.25, -0.2) is 4.39 Å². The second-order valence-electron chi connectivity index (χ2n) is 7.54. The minimum absolute atomic E-state index is 0. The van der Waals surface area contributed by atoms with Crippen molar-refractivity contribution in [2.45, 2.75) is 69.6 Å². The predicted molar refractivity (Wildman–Crippen MR) is 97.8 cm³/mol. The van der Waals surface area contributed by atoms with E-state index >= 15 is 0 Å². The molecule has 0 aromatic heterocycles. The lowest BCUT2D eigenvalue weighted by atomic mass is 9.89. The summed E-state index contributed by atoms with van der Waals surface area (Å²) >= 11 is 0. The molecule has 1 saturated carbocycles. The van der Waals surface area contributed by atoms with Gasteiger partial charge in [-0.15, -0.1) is 12.4 Å². The molecule has 4 rings (SSSR count). The third-order valence-corrected chi connectivity index (χ3v) is 5.61. The summed E-state index contributed by atoms with van der Waals surface area (Å²) in [5.74, 6) is 0.301. The summed E-state index contributed by atoms with van der Waals surface area (Å²) < 4.78 is 19.7. The first-order valence-corrected chi connectivity index (χ1v) is 9.18. The molecule has 138 valence electrons. The van der Waals surface area contributed by atoms with Crippen LogP contribution in [-0.2, 0) is 4.79 Å². The first-order valence-electron chi connectivity index (χ1n) is 9.18. The monoisotopic (exact) mass is 368 g/mol. The molecule has 2 N–H and O–H groups in total. The van der Waals surface area contributed by atoms with Gasteiger partial charge in [-0.1, -0.05) is 0 Å². The van der Waals surface area contributed by atoms with Gasteiger partial charge < -0.3 is 15.4 Å². The highest BCUT2D eigenvalue weighted by molar-refractivity contribution is 5.90. The minimum Gasteiger partial charge on any atom is -0.487 e. The molecule has 0 radical (unpaired) electrons. The van der Waals surface area contributed by atoms with E-state index in [1.165, 1.54) is 18.9 Å². The highest BCUT2D eigenvalue weighted by atomic mass is 35.5. The average molecular weight is 369 g/mol. The number of fused-ring (bicyclic) bond motifs is 2. The van der Waals surface area contributed by atoms with Crippen LogP contribution in [0, 0.1) is 11.7 Å². The van der Waals surface area contributed by atoms with Gasteiger partial charge in [0.05, 0.1) is 6.10 Å². The summed E-state index contributed by atoms with van der Waals surface area (Å²) in [5.41, 5.74) is 0.510. The molecule has 25 heavy (non-hydrogen) atoms. The number of anilines is 1. The van der Waals surface area contributed by atoms with Crippen LogP contribution in [-0.4, -0.2) is 24.1 Å². The van der Waals surface area contributed by atoms with Gasteiger partial charge in [-0.05, 0) is 63.0 Å². The lowest BCUT2D eigenvalue weighted by Crippen LogP contribution is -2.39. The van der Waals surface area contributed by atoms with Crippen molar-refractivity contribution in [3.05, 3.63) is 24.0 Å². The molecule has 4 nitrogen and oxygen atoms in total. The number of carbonyl (C=O) groups excluding carboxylic acids is 1. The smallest absolute Gasteiger partial charge is 0.224 e. The van der Waals surface area contributed by atoms with Crippen molar-refractivity contribution in [3.8, 4) is 5.75 Å². The SMILES string of the molecule is Cl.O=C(CC1CC2CCC(C1)N2)Nc1ccc(OC2CCC2)c(F)c1. The van der Waals surface area contributed by atoms with Gasteiger partial charge in [0.1, 0.15) is 0 Å². The van der Waals surface area contributed by atoms with E-state index in [9.17, 15) is 9.18 Å². The molecule has 1 aliphatic carbocycles. The van der Waals surface area contributed by atoms with Crippen molar-refractivity contribution in [1.82, 2.24) is 5.32 Å². The van der Waals surface area contributed by atoms with Crippen LogP contribution in [0.5, 0.6) is 5.75 Å². The quantitative estimate of drug-likeness (QED) is 0.824. The van der Waals surface area contributed by atoms with E-state index in [-0.39, 0.29) is 30.2 Å². The van der Waals surface area contributed by atoms with E-state index < -0.39 is 5.82 Å². The number of nitrogens with one attached hydrogen (secondary N) is 2. The number of hydrogen-bond acceptors (Lipinski definition) is 3. The lowest BCUT2D eigenvalue weighted by molar-refractivity contribution is -0.117. The van der Waals surface area contributed by atoms with Crippen LogP contribution in [0.15, 0.2) is 18.2 Å². The van der Waals surface area contributed by atoms with Crippen LogP contribution >= 0.6 is 12.4 Å². The first kappa shape index (κ1) is 18.5. The molecular weight excluding hydrogens is 343 g/mol. The molecule has 2 bridgehead atoms. The van der Waals surface area contributed by atoms with Crippen LogP contribution < -0.4 is 15.4 Å². The normalized spacial score (nSPS) is 28.0. The van der Waals surface area contributed by atoms with Gasteiger partial charge in [0.25, 0.3) is 0 Å². The fourth-order valence-corrected chi connectivity index (χ4v) is 4.16. The van der Waals surface area contributed by atoms with Crippen molar-refractivity contribution in [2.24, 2.45) is 5.92 Å². The molecule has 2 unspecified atom stereocenters. The van der Waals surface area contributed by atoms with Crippen molar-refractivity contribution >= 4 is 24.0 Å². The molecule has 0 spiro atoms. The van der Waals surface area contributed by atoms with Gasteiger partial charge in [0.15, 0.2) is 11.6 Å². The highest BCUT2D eigenvalue weighted by Gasteiger charge is 2.34. The number of amides is 1. The Morgan fingerprint density at radius 1 is 1.20 bits per heavy atom. The summed E-state index contributed by atoms with van der Waals surface area (Å²) in [6.45, 7) is 0. The summed E-state index contributed by atoms with van der Waals surface area (Å²) in [7, 11) is 0. The maximum absolute atomic E-state index is 14.1. The third-order valence-electron chi connectivity index (χ3n) is 5.61. The third kappa shape index (κ3) is 4.45. The number of hydrogen-bond donors (Lipinski definition) is 2. The van der Waals surface area contributed by atoms with Gasteiger partial charge in [0.2, 0.25) is 5.91 Å². The molecular formula is C19H26ClFN2O2. The average Bonchev–Trinajstić information content (AvgIpc) is 2.83. The number of benzene rings is 1. The number of piperidine rings is 1. The van der Waals surface area contributed by atoms with Gasteiger partial charge in [-0.2, -0.15) is 0 Å². The van der Waals surface area contributed by atoms with E-state index in [0.29, 0.717) is 30.1 Å². The highest BCUT2D eigenvalue weighted by Crippen LogP contribution is 2.33. The Kier molecular flexibility index (Phi) is 5.85. The predicted octanol–water partition coefficient (Wildman–Crippen LogP) is 4.04. The standard InChI is InChI=1S/C19H25FN2O2.ClH/c20-17-11-15(6-7-18(17)24-16-2-1-3-16)22-19(23)10-12-8-13-4-5-14(9-12)21-13;/h6-7,11-14,16,21H,1-5,8-10H2,(H,22,23);1H. The lowest BCUT2D eigenvalue weighted by Gasteiger charge is -2.28. The van der Waals surface area contributed by atoms with Crippen molar-refractivity contribution in [1.29, 1.82) is 0 Å². The van der Waals surface area contributed by atoms with E-state index in [1.807, 2.05) is 0 Å². The van der Waals surface area contributed by atoms with Crippen molar-refractivity contribution in [2.75, 3.05) is 5.32 Å². The van der Waals surface area contributed by atoms with E-state index in [1.54, 1.807) is 12.1 Å². The van der Waals surface area contributed by atoms with Crippen LogP contribution in [0.25, 0.3) is 0 Å². The molecule has 6 heteroatoms. The molecule has 1 aromatic rings. The first-order chi connectivity index (χ1) is 11.7. The Labute approximate surface area is 154 Å². The number of carbonyl (C=O) groups is 1. The molecule has 1 aromatic carbocycles. The number of rotatable bonds is 5. The van der Waals surface area contributed by atoms with E-state index in [2.05, 4.69) is 10.6 Å². The minimum atomic E-state index is -0.403. The zero-order valence-corrected chi connectivity index (χ0v) is 15.1. The molecule has 2 heterocycles. The summed E-state index contributed by atoms with van der Waals surface area (Å²) in [6.07, 6.45) is 8.43. The zero-order chi connectivity index (χ0) is 16.5. The molecule has 3 aliphatic rings. The van der Waals surface area contributed by atoms with Crippen LogP contribution in [0.2, 0.25) is 0 Å². The number of ether oxygens (including phenoxy) is 1.